The van der Waals surface area contributed by atoms with Gasteiger partial charge in [0.1, 0.15) is 23.3 Å². The van der Waals surface area contributed by atoms with Crippen LogP contribution in [0.1, 0.15) is 18.4 Å². The number of ether oxygens (including phenoxy) is 2. The van der Waals surface area contributed by atoms with E-state index in [9.17, 15) is 10.1 Å². The van der Waals surface area contributed by atoms with Gasteiger partial charge in [-0.25, -0.2) is 4.79 Å². The van der Waals surface area contributed by atoms with Crippen LogP contribution in [0, 0.1) is 11.3 Å². The molecule has 8 heteroatoms. The van der Waals surface area contributed by atoms with Gasteiger partial charge >= 0.3 is 6.03 Å². The van der Waals surface area contributed by atoms with Gasteiger partial charge in [0.25, 0.3) is 0 Å². The highest BCUT2D eigenvalue weighted by Gasteiger charge is 2.23. The van der Waals surface area contributed by atoms with Crippen molar-refractivity contribution in [3.8, 4) is 23.3 Å². The van der Waals surface area contributed by atoms with Crippen molar-refractivity contribution < 1.29 is 14.3 Å². The first-order chi connectivity index (χ1) is 14.1. The maximum absolute atomic E-state index is 11.9. The van der Waals surface area contributed by atoms with Crippen LogP contribution in [0.3, 0.4) is 0 Å². The van der Waals surface area contributed by atoms with Crippen LogP contribution in [0.4, 0.5) is 10.5 Å². The van der Waals surface area contributed by atoms with Crippen molar-refractivity contribution in [2.45, 2.75) is 18.9 Å². The fraction of sp³-hybridized carbons (Fsp3) is 0.190. The number of hydrogen-bond donors (Lipinski definition) is 2. The standard InChI is InChI=1S/C21H17ClN4O3/c1-28-20-10-18-15(8-12(20)11-23)19(6-7-24-18)29-14-4-5-17(16(22)9-14)26-21(27)25-13-2-3-13/h4-10,13H,2-3H2,1H3,(H2,25,26,27). The van der Waals surface area contributed by atoms with E-state index in [2.05, 4.69) is 21.7 Å². The largest absolute Gasteiger partial charge is 0.495 e. The van der Waals surface area contributed by atoms with Crippen LogP contribution in [0.25, 0.3) is 10.9 Å². The van der Waals surface area contributed by atoms with E-state index >= 15 is 0 Å². The Labute approximate surface area is 172 Å². The number of anilines is 1. The minimum absolute atomic E-state index is 0.258. The van der Waals surface area contributed by atoms with Gasteiger partial charge in [-0.15, -0.1) is 0 Å². The number of benzene rings is 2. The first-order valence-electron chi connectivity index (χ1n) is 8.99. The quantitative estimate of drug-likeness (QED) is 0.629. The number of nitrogens with one attached hydrogen (secondary N) is 2. The van der Waals surface area contributed by atoms with Gasteiger partial charge in [0.05, 0.1) is 28.9 Å². The van der Waals surface area contributed by atoms with Crippen molar-refractivity contribution in [1.29, 1.82) is 5.26 Å². The predicted molar refractivity (Wildman–Crippen MR) is 110 cm³/mol. The van der Waals surface area contributed by atoms with Gasteiger partial charge in [0.15, 0.2) is 0 Å². The molecule has 0 unspecified atom stereocenters. The zero-order valence-electron chi connectivity index (χ0n) is 15.5. The molecule has 1 heterocycles. The number of amides is 2. The first kappa shape index (κ1) is 18.8. The summed E-state index contributed by atoms with van der Waals surface area (Å²) < 4.78 is 11.2. The Hall–Kier alpha value is -3.50. The van der Waals surface area contributed by atoms with Crippen molar-refractivity contribution in [1.82, 2.24) is 10.3 Å². The van der Waals surface area contributed by atoms with E-state index in [1.54, 1.807) is 42.6 Å². The van der Waals surface area contributed by atoms with Gasteiger partial charge in [0, 0.05) is 29.8 Å². The zero-order chi connectivity index (χ0) is 20.4. The molecule has 0 saturated heterocycles. The van der Waals surface area contributed by atoms with Crippen molar-refractivity contribution in [2.75, 3.05) is 12.4 Å². The van der Waals surface area contributed by atoms with Crippen LogP contribution in [-0.2, 0) is 0 Å². The first-order valence-corrected chi connectivity index (χ1v) is 9.37. The maximum atomic E-state index is 11.9. The highest BCUT2D eigenvalue weighted by atomic mass is 35.5. The Bertz CT molecular complexity index is 1140. The smallest absolute Gasteiger partial charge is 0.319 e. The van der Waals surface area contributed by atoms with Crippen LogP contribution in [0.5, 0.6) is 17.2 Å². The molecule has 0 atom stereocenters. The van der Waals surface area contributed by atoms with Crippen LogP contribution >= 0.6 is 11.6 Å². The van der Waals surface area contributed by atoms with E-state index in [1.165, 1.54) is 7.11 Å². The van der Waals surface area contributed by atoms with Crippen LogP contribution in [0.2, 0.25) is 5.02 Å². The maximum Gasteiger partial charge on any atom is 0.319 e. The zero-order valence-corrected chi connectivity index (χ0v) is 16.3. The lowest BCUT2D eigenvalue weighted by Crippen LogP contribution is -2.30. The number of nitrogens with zero attached hydrogens (tertiary/aromatic N) is 2. The van der Waals surface area contributed by atoms with Gasteiger partial charge in [-0.05, 0) is 37.1 Å². The Morgan fingerprint density at radius 1 is 1.24 bits per heavy atom. The molecule has 146 valence electrons. The van der Waals surface area contributed by atoms with Crippen molar-refractivity contribution in [3.63, 3.8) is 0 Å². The molecule has 2 N–H and O–H groups in total. The Morgan fingerprint density at radius 3 is 2.76 bits per heavy atom. The molecule has 2 aromatic carbocycles. The van der Waals surface area contributed by atoms with Crippen LogP contribution in [0.15, 0.2) is 42.6 Å². The topological polar surface area (TPSA) is 96.3 Å². The minimum Gasteiger partial charge on any atom is -0.495 e. The normalized spacial score (nSPS) is 12.9. The van der Waals surface area contributed by atoms with Gasteiger partial charge in [0.2, 0.25) is 0 Å². The average Bonchev–Trinajstić information content (AvgIpc) is 3.53. The number of carbonyl (C=O) groups excluding carboxylic acids is 1. The fourth-order valence-electron chi connectivity index (χ4n) is 2.85. The minimum atomic E-state index is -0.277. The number of halogens is 1. The SMILES string of the molecule is COc1cc2nccc(Oc3ccc(NC(=O)NC4CC4)c(Cl)c3)c2cc1C#N. The molecule has 7 nitrogen and oxygen atoms in total. The number of aromatic nitrogens is 1. The van der Waals surface area contributed by atoms with E-state index in [4.69, 9.17) is 21.1 Å². The van der Waals surface area contributed by atoms with Crippen molar-refractivity contribution in [2.24, 2.45) is 0 Å². The highest BCUT2D eigenvalue weighted by Crippen LogP contribution is 2.35. The summed E-state index contributed by atoms with van der Waals surface area (Å²) in [5, 5.41) is 15.9. The summed E-state index contributed by atoms with van der Waals surface area (Å²) in [5.74, 6) is 1.47. The number of methoxy groups -OCH3 is 1. The van der Waals surface area contributed by atoms with Crippen LogP contribution in [-0.4, -0.2) is 24.2 Å². The molecule has 1 aliphatic carbocycles. The lowest BCUT2D eigenvalue weighted by atomic mass is 10.1. The summed E-state index contributed by atoms with van der Waals surface area (Å²) in [7, 11) is 1.50. The van der Waals surface area contributed by atoms with Crippen molar-refractivity contribution >= 4 is 34.2 Å². The molecule has 1 aromatic heterocycles. The van der Waals surface area contributed by atoms with Gasteiger partial charge in [-0.2, -0.15) is 5.26 Å². The molecule has 4 rings (SSSR count). The average molecular weight is 409 g/mol. The summed E-state index contributed by atoms with van der Waals surface area (Å²) in [6.07, 6.45) is 3.63. The second-order valence-electron chi connectivity index (χ2n) is 6.61. The van der Waals surface area contributed by atoms with Crippen molar-refractivity contribution in [3.05, 3.63) is 53.2 Å². The van der Waals surface area contributed by atoms with Gasteiger partial charge in [-0.1, -0.05) is 11.6 Å². The van der Waals surface area contributed by atoms with E-state index in [-0.39, 0.29) is 12.1 Å². The molecule has 1 saturated carbocycles. The number of fused-ring (bicyclic) bond motifs is 1. The molecule has 0 bridgehead atoms. The predicted octanol–water partition coefficient (Wildman–Crippen LogP) is 4.84. The number of urea groups is 1. The van der Waals surface area contributed by atoms with Gasteiger partial charge in [-0.3, -0.25) is 4.98 Å². The molecule has 0 radical (unpaired) electrons. The van der Waals surface area contributed by atoms with E-state index in [1.807, 2.05) is 0 Å². The molecule has 1 fully saturated rings. The van der Waals surface area contributed by atoms with Crippen LogP contribution < -0.4 is 20.1 Å². The molecule has 1 aliphatic rings. The summed E-state index contributed by atoms with van der Waals surface area (Å²) >= 11 is 6.30. The Morgan fingerprint density at radius 2 is 2.07 bits per heavy atom. The molecule has 29 heavy (non-hydrogen) atoms. The number of pyridine rings is 1. The molecule has 3 aromatic rings. The fourth-order valence-corrected chi connectivity index (χ4v) is 3.07. The number of hydrogen-bond acceptors (Lipinski definition) is 5. The Balaban J connectivity index is 1.58. The lowest BCUT2D eigenvalue weighted by molar-refractivity contribution is 0.251. The number of carbonyl (C=O) groups is 1. The monoisotopic (exact) mass is 408 g/mol. The summed E-state index contributed by atoms with van der Waals surface area (Å²) in [5.41, 5.74) is 1.52. The highest BCUT2D eigenvalue weighted by molar-refractivity contribution is 6.33. The molecular weight excluding hydrogens is 392 g/mol. The van der Waals surface area contributed by atoms with E-state index in [0.717, 1.165) is 12.8 Å². The summed E-state index contributed by atoms with van der Waals surface area (Å²) in [6.45, 7) is 0. The third-order valence-electron chi connectivity index (χ3n) is 4.47. The molecular formula is C21H17ClN4O3. The van der Waals surface area contributed by atoms with E-state index < -0.39 is 0 Å². The Kier molecular flexibility index (Phi) is 5.10. The number of nitriles is 1. The molecule has 0 aliphatic heterocycles. The number of rotatable bonds is 5. The molecule has 2 amide bonds. The van der Waals surface area contributed by atoms with E-state index in [0.29, 0.717) is 44.4 Å². The third kappa shape index (κ3) is 4.18. The second-order valence-corrected chi connectivity index (χ2v) is 7.01. The molecule has 0 spiro atoms. The second kappa shape index (κ2) is 7.86. The van der Waals surface area contributed by atoms with Gasteiger partial charge < -0.3 is 20.1 Å². The lowest BCUT2D eigenvalue weighted by Gasteiger charge is -2.12. The summed E-state index contributed by atoms with van der Waals surface area (Å²) in [4.78, 5) is 16.2. The third-order valence-corrected chi connectivity index (χ3v) is 4.79. The summed E-state index contributed by atoms with van der Waals surface area (Å²) in [6, 6.07) is 12.2.